The molecule has 0 aliphatic heterocycles. The number of hydrogen-bond acceptors (Lipinski definition) is 3. The minimum Gasteiger partial charge on any atom is -0.494 e. The van der Waals surface area contributed by atoms with Crippen molar-refractivity contribution in [3.63, 3.8) is 0 Å². The summed E-state index contributed by atoms with van der Waals surface area (Å²) in [5, 5.41) is 2.77. The number of hydrogen-bond donors (Lipinski definition) is 2. The monoisotopic (exact) mass is 302 g/mol. The van der Waals surface area contributed by atoms with Crippen LogP contribution in [0, 0.1) is 5.82 Å². The van der Waals surface area contributed by atoms with Gasteiger partial charge in [0.15, 0.2) is 11.6 Å². The molecule has 1 aromatic carbocycles. The van der Waals surface area contributed by atoms with Crippen LogP contribution in [-0.4, -0.2) is 18.6 Å². The second-order valence-electron chi connectivity index (χ2n) is 5.01. The first-order chi connectivity index (χ1) is 9.05. The van der Waals surface area contributed by atoms with Crippen molar-refractivity contribution in [1.82, 2.24) is 5.32 Å². The molecule has 0 atom stereocenters. The number of carbonyl (C=O) groups is 1. The van der Waals surface area contributed by atoms with Crippen LogP contribution in [0.5, 0.6) is 5.75 Å². The number of ether oxygens (including phenoxy) is 1. The highest BCUT2D eigenvalue weighted by atomic mass is 35.5. The molecular formula is C14H20ClFN2O2. The molecule has 3 N–H and O–H groups in total. The Morgan fingerprint density at radius 3 is 2.65 bits per heavy atom. The molecule has 20 heavy (non-hydrogen) atoms. The Kier molecular flexibility index (Phi) is 5.77. The summed E-state index contributed by atoms with van der Waals surface area (Å²) in [7, 11) is 1.41. The SMILES string of the molecule is COc1ccc(CNC(=O)C2(N)CCCC2)cc1F.Cl. The quantitative estimate of drug-likeness (QED) is 0.895. The Morgan fingerprint density at radius 1 is 1.45 bits per heavy atom. The third-order valence-electron chi connectivity index (χ3n) is 3.62. The normalized spacial score (nSPS) is 16.4. The van der Waals surface area contributed by atoms with Crippen molar-refractivity contribution in [2.24, 2.45) is 5.73 Å². The smallest absolute Gasteiger partial charge is 0.240 e. The van der Waals surface area contributed by atoms with E-state index in [1.165, 1.54) is 13.2 Å². The first-order valence-corrected chi connectivity index (χ1v) is 6.45. The summed E-state index contributed by atoms with van der Waals surface area (Å²) in [6, 6.07) is 4.63. The average Bonchev–Trinajstić information content (AvgIpc) is 2.84. The molecule has 1 aliphatic carbocycles. The lowest BCUT2D eigenvalue weighted by atomic mass is 9.98. The fourth-order valence-corrected chi connectivity index (χ4v) is 2.41. The fraction of sp³-hybridized carbons (Fsp3) is 0.500. The topological polar surface area (TPSA) is 64.3 Å². The van der Waals surface area contributed by atoms with Crippen LogP contribution < -0.4 is 15.8 Å². The van der Waals surface area contributed by atoms with Crippen LogP contribution in [0.1, 0.15) is 31.2 Å². The highest BCUT2D eigenvalue weighted by molar-refractivity contribution is 5.86. The van der Waals surface area contributed by atoms with Gasteiger partial charge in [0.05, 0.1) is 12.6 Å². The zero-order chi connectivity index (χ0) is 13.9. The number of halogens is 2. The Morgan fingerprint density at radius 2 is 2.10 bits per heavy atom. The number of carbonyl (C=O) groups excluding carboxylic acids is 1. The van der Waals surface area contributed by atoms with Crippen LogP contribution >= 0.6 is 12.4 Å². The molecule has 0 aromatic heterocycles. The maximum atomic E-state index is 13.5. The van der Waals surface area contributed by atoms with Crippen molar-refractivity contribution in [2.45, 2.75) is 37.8 Å². The Bertz CT molecular complexity index is 476. The maximum absolute atomic E-state index is 13.5. The van der Waals surface area contributed by atoms with E-state index in [4.69, 9.17) is 10.5 Å². The minimum absolute atomic E-state index is 0. The molecule has 0 heterocycles. The number of amides is 1. The van der Waals surface area contributed by atoms with Crippen LogP contribution in [0.4, 0.5) is 4.39 Å². The third-order valence-corrected chi connectivity index (χ3v) is 3.62. The highest BCUT2D eigenvalue weighted by Crippen LogP contribution is 2.27. The van der Waals surface area contributed by atoms with Gasteiger partial charge in [-0.15, -0.1) is 12.4 Å². The zero-order valence-electron chi connectivity index (χ0n) is 11.4. The first kappa shape index (κ1) is 16.7. The molecule has 1 aromatic rings. The number of nitrogens with two attached hydrogens (primary N) is 1. The van der Waals surface area contributed by atoms with Crippen molar-refractivity contribution in [3.05, 3.63) is 29.6 Å². The molecule has 0 saturated heterocycles. The van der Waals surface area contributed by atoms with E-state index in [0.717, 1.165) is 25.7 Å². The number of rotatable bonds is 4. The molecule has 4 nitrogen and oxygen atoms in total. The molecule has 0 bridgehead atoms. The second-order valence-corrected chi connectivity index (χ2v) is 5.01. The maximum Gasteiger partial charge on any atom is 0.240 e. The van der Waals surface area contributed by atoms with Crippen molar-refractivity contribution < 1.29 is 13.9 Å². The Labute approximate surface area is 124 Å². The van der Waals surface area contributed by atoms with E-state index < -0.39 is 11.4 Å². The van der Waals surface area contributed by atoms with Gasteiger partial charge in [-0.25, -0.2) is 4.39 Å². The van der Waals surface area contributed by atoms with Crippen molar-refractivity contribution in [2.75, 3.05) is 7.11 Å². The van der Waals surface area contributed by atoms with Crippen molar-refractivity contribution in [1.29, 1.82) is 0 Å². The Hall–Kier alpha value is -1.33. The lowest BCUT2D eigenvalue weighted by molar-refractivity contribution is -0.126. The lowest BCUT2D eigenvalue weighted by Gasteiger charge is -2.22. The van der Waals surface area contributed by atoms with Crippen LogP contribution in [0.25, 0.3) is 0 Å². The van der Waals surface area contributed by atoms with Crippen LogP contribution in [0.15, 0.2) is 18.2 Å². The number of nitrogens with one attached hydrogen (secondary N) is 1. The summed E-state index contributed by atoms with van der Waals surface area (Å²) in [6.07, 6.45) is 3.41. The van der Waals surface area contributed by atoms with E-state index in [-0.39, 0.29) is 30.6 Å². The first-order valence-electron chi connectivity index (χ1n) is 6.45. The number of methoxy groups -OCH3 is 1. The summed E-state index contributed by atoms with van der Waals surface area (Å²) >= 11 is 0. The summed E-state index contributed by atoms with van der Waals surface area (Å²) < 4.78 is 18.3. The molecule has 0 spiro atoms. The fourth-order valence-electron chi connectivity index (χ4n) is 2.41. The van der Waals surface area contributed by atoms with E-state index >= 15 is 0 Å². The molecule has 0 radical (unpaired) electrons. The molecule has 1 fully saturated rings. The van der Waals surface area contributed by atoms with Gasteiger partial charge in [-0.3, -0.25) is 4.79 Å². The van der Waals surface area contributed by atoms with E-state index in [2.05, 4.69) is 5.32 Å². The zero-order valence-corrected chi connectivity index (χ0v) is 12.3. The van der Waals surface area contributed by atoms with Gasteiger partial charge < -0.3 is 15.8 Å². The third kappa shape index (κ3) is 3.61. The molecule has 112 valence electrons. The van der Waals surface area contributed by atoms with E-state index in [0.29, 0.717) is 5.56 Å². The summed E-state index contributed by atoms with van der Waals surface area (Å²) in [4.78, 5) is 12.0. The summed E-state index contributed by atoms with van der Waals surface area (Å²) in [5.41, 5.74) is 5.98. The average molecular weight is 303 g/mol. The van der Waals surface area contributed by atoms with E-state index in [1.807, 2.05) is 0 Å². The van der Waals surface area contributed by atoms with E-state index in [9.17, 15) is 9.18 Å². The second kappa shape index (κ2) is 6.90. The lowest BCUT2D eigenvalue weighted by Crippen LogP contribution is -2.51. The van der Waals surface area contributed by atoms with E-state index in [1.54, 1.807) is 12.1 Å². The molecule has 0 unspecified atom stereocenters. The molecule has 1 saturated carbocycles. The summed E-state index contributed by atoms with van der Waals surface area (Å²) in [5.74, 6) is -0.389. The molecule has 2 rings (SSSR count). The van der Waals surface area contributed by atoms with Crippen molar-refractivity contribution >= 4 is 18.3 Å². The van der Waals surface area contributed by atoms with Gasteiger partial charge in [-0.05, 0) is 30.5 Å². The highest BCUT2D eigenvalue weighted by Gasteiger charge is 2.36. The Balaban J connectivity index is 0.00000200. The van der Waals surface area contributed by atoms with Gasteiger partial charge in [0.1, 0.15) is 0 Å². The largest absolute Gasteiger partial charge is 0.494 e. The van der Waals surface area contributed by atoms with Gasteiger partial charge in [-0.2, -0.15) is 0 Å². The standard InChI is InChI=1S/C14H19FN2O2.ClH/c1-19-12-5-4-10(8-11(12)15)9-17-13(18)14(16)6-2-3-7-14;/h4-5,8H,2-3,6-7,9,16H2,1H3,(H,17,18);1H. The predicted molar refractivity (Wildman–Crippen MR) is 77.4 cm³/mol. The minimum atomic E-state index is -0.745. The predicted octanol–water partition coefficient (Wildman–Crippen LogP) is 2.14. The van der Waals surface area contributed by atoms with Gasteiger partial charge in [0.25, 0.3) is 0 Å². The number of benzene rings is 1. The molecule has 1 amide bonds. The summed E-state index contributed by atoms with van der Waals surface area (Å²) in [6.45, 7) is 0.276. The van der Waals surface area contributed by atoms with Gasteiger partial charge in [-0.1, -0.05) is 18.9 Å². The molecular weight excluding hydrogens is 283 g/mol. The van der Waals surface area contributed by atoms with Crippen LogP contribution in [0.3, 0.4) is 0 Å². The van der Waals surface area contributed by atoms with Crippen molar-refractivity contribution in [3.8, 4) is 5.75 Å². The van der Waals surface area contributed by atoms with Crippen LogP contribution in [-0.2, 0) is 11.3 Å². The van der Waals surface area contributed by atoms with Gasteiger partial charge in [0.2, 0.25) is 5.91 Å². The van der Waals surface area contributed by atoms with Gasteiger partial charge >= 0.3 is 0 Å². The van der Waals surface area contributed by atoms with Gasteiger partial charge in [0, 0.05) is 6.54 Å². The molecule has 1 aliphatic rings. The van der Waals surface area contributed by atoms with Crippen LogP contribution in [0.2, 0.25) is 0 Å². The molecule has 6 heteroatoms.